The standard InChI is InChI=1S/C17H21FN2O2/c1-12(21)14-5-4-13(10-15(14)18)16(22)19-11-17-6-2-8-20(17)9-3-7-17/h4-5,10H,2-3,6-9,11H2,1H3,(H,19,22). The number of nitrogens with zero attached hydrogens (tertiary/aromatic N) is 1. The van der Waals surface area contributed by atoms with Gasteiger partial charge in [-0.1, -0.05) is 0 Å². The number of nitrogens with one attached hydrogen (secondary N) is 1. The minimum Gasteiger partial charge on any atom is -0.350 e. The monoisotopic (exact) mass is 304 g/mol. The first kappa shape index (κ1) is 15.2. The molecule has 0 aromatic heterocycles. The second-order valence-electron chi connectivity index (χ2n) is 6.35. The Hall–Kier alpha value is -1.75. The minimum atomic E-state index is -0.637. The molecule has 1 amide bonds. The molecular weight excluding hydrogens is 283 g/mol. The van der Waals surface area contributed by atoms with Crippen LogP contribution in [0.15, 0.2) is 18.2 Å². The van der Waals surface area contributed by atoms with Crippen LogP contribution in [0.2, 0.25) is 0 Å². The van der Waals surface area contributed by atoms with Crippen molar-refractivity contribution in [2.24, 2.45) is 0 Å². The molecule has 5 heteroatoms. The summed E-state index contributed by atoms with van der Waals surface area (Å²) in [6.07, 6.45) is 4.59. The molecule has 0 unspecified atom stereocenters. The number of halogens is 1. The summed E-state index contributed by atoms with van der Waals surface area (Å²) < 4.78 is 13.8. The molecule has 0 atom stereocenters. The molecule has 1 aromatic carbocycles. The van der Waals surface area contributed by atoms with Gasteiger partial charge in [0, 0.05) is 17.6 Å². The zero-order valence-electron chi connectivity index (χ0n) is 12.8. The van der Waals surface area contributed by atoms with E-state index >= 15 is 0 Å². The van der Waals surface area contributed by atoms with E-state index in [9.17, 15) is 14.0 Å². The van der Waals surface area contributed by atoms with Crippen molar-refractivity contribution >= 4 is 11.7 Å². The van der Waals surface area contributed by atoms with Crippen molar-refractivity contribution in [1.29, 1.82) is 0 Å². The average molecular weight is 304 g/mol. The number of ketones is 1. The Labute approximate surface area is 129 Å². The Morgan fingerprint density at radius 1 is 1.27 bits per heavy atom. The largest absolute Gasteiger partial charge is 0.350 e. The average Bonchev–Trinajstić information content (AvgIpc) is 3.03. The van der Waals surface area contributed by atoms with Gasteiger partial charge >= 0.3 is 0 Å². The third-order valence-electron chi connectivity index (χ3n) is 5.00. The van der Waals surface area contributed by atoms with E-state index in [-0.39, 0.29) is 28.4 Å². The number of hydrogen-bond acceptors (Lipinski definition) is 3. The highest BCUT2D eigenvalue weighted by Crippen LogP contribution is 2.38. The van der Waals surface area contributed by atoms with E-state index in [4.69, 9.17) is 0 Å². The van der Waals surface area contributed by atoms with Gasteiger partial charge in [-0.05, 0) is 63.9 Å². The van der Waals surface area contributed by atoms with Crippen LogP contribution >= 0.6 is 0 Å². The molecule has 118 valence electrons. The smallest absolute Gasteiger partial charge is 0.251 e. The Morgan fingerprint density at radius 3 is 2.55 bits per heavy atom. The summed E-state index contributed by atoms with van der Waals surface area (Å²) in [5.41, 5.74) is 0.391. The molecular formula is C17H21FN2O2. The number of Topliss-reactive ketones (excluding diaryl/α,β-unsaturated/α-hetero) is 1. The van der Waals surface area contributed by atoms with Crippen molar-refractivity contribution in [3.05, 3.63) is 35.1 Å². The molecule has 2 heterocycles. The van der Waals surface area contributed by atoms with E-state index < -0.39 is 5.82 Å². The molecule has 2 aliphatic heterocycles. The summed E-state index contributed by atoms with van der Waals surface area (Å²) in [6.45, 7) is 4.14. The topological polar surface area (TPSA) is 49.4 Å². The molecule has 0 aliphatic carbocycles. The van der Waals surface area contributed by atoms with Crippen LogP contribution in [0, 0.1) is 5.82 Å². The number of hydrogen-bond donors (Lipinski definition) is 1. The lowest BCUT2D eigenvalue weighted by molar-refractivity contribution is 0.0917. The minimum absolute atomic E-state index is 0.0212. The highest BCUT2D eigenvalue weighted by molar-refractivity contribution is 5.98. The zero-order chi connectivity index (χ0) is 15.7. The fraction of sp³-hybridized carbons (Fsp3) is 0.529. The molecule has 4 nitrogen and oxygen atoms in total. The number of carbonyl (C=O) groups is 2. The maximum Gasteiger partial charge on any atom is 0.251 e. The third kappa shape index (κ3) is 2.65. The molecule has 1 aromatic rings. The van der Waals surface area contributed by atoms with Crippen LogP contribution in [0.3, 0.4) is 0 Å². The predicted molar refractivity (Wildman–Crippen MR) is 81.5 cm³/mol. The van der Waals surface area contributed by atoms with Crippen LogP contribution in [-0.2, 0) is 0 Å². The second kappa shape index (κ2) is 5.80. The van der Waals surface area contributed by atoms with Gasteiger partial charge in [-0.3, -0.25) is 14.5 Å². The summed E-state index contributed by atoms with van der Waals surface area (Å²) >= 11 is 0. The first-order valence-corrected chi connectivity index (χ1v) is 7.86. The Morgan fingerprint density at radius 2 is 1.95 bits per heavy atom. The van der Waals surface area contributed by atoms with Gasteiger partial charge in [-0.2, -0.15) is 0 Å². The van der Waals surface area contributed by atoms with Crippen molar-refractivity contribution in [3.63, 3.8) is 0 Å². The van der Waals surface area contributed by atoms with Crippen LogP contribution < -0.4 is 5.32 Å². The molecule has 0 spiro atoms. The lowest BCUT2D eigenvalue weighted by atomic mass is 9.94. The van der Waals surface area contributed by atoms with Crippen LogP contribution in [0.1, 0.15) is 53.3 Å². The van der Waals surface area contributed by atoms with Crippen LogP contribution in [0.25, 0.3) is 0 Å². The quantitative estimate of drug-likeness (QED) is 0.869. The third-order valence-corrected chi connectivity index (χ3v) is 5.00. The number of amides is 1. The fourth-order valence-electron chi connectivity index (χ4n) is 3.80. The molecule has 2 saturated heterocycles. The summed E-state index contributed by atoms with van der Waals surface area (Å²) in [6, 6.07) is 4.03. The Balaban J connectivity index is 1.67. The van der Waals surface area contributed by atoms with Crippen LogP contribution in [-0.4, -0.2) is 41.8 Å². The molecule has 3 rings (SSSR count). The van der Waals surface area contributed by atoms with Crippen molar-refractivity contribution < 1.29 is 14.0 Å². The van der Waals surface area contributed by atoms with E-state index in [0.717, 1.165) is 32.0 Å². The SMILES string of the molecule is CC(=O)c1ccc(C(=O)NCC23CCCN2CCC3)cc1F. The Kier molecular flexibility index (Phi) is 4.00. The molecule has 2 aliphatic rings. The van der Waals surface area contributed by atoms with Gasteiger partial charge in [0.05, 0.1) is 5.56 Å². The van der Waals surface area contributed by atoms with E-state index in [0.29, 0.717) is 6.54 Å². The zero-order valence-corrected chi connectivity index (χ0v) is 12.8. The normalized spacial score (nSPS) is 19.9. The van der Waals surface area contributed by atoms with E-state index in [1.165, 1.54) is 31.9 Å². The maximum absolute atomic E-state index is 13.8. The molecule has 2 fully saturated rings. The molecule has 1 N–H and O–H groups in total. The number of carbonyl (C=O) groups excluding carboxylic acids is 2. The molecule has 0 bridgehead atoms. The summed E-state index contributed by atoms with van der Waals surface area (Å²) in [5, 5.41) is 2.95. The lowest BCUT2D eigenvalue weighted by Gasteiger charge is -2.32. The van der Waals surface area contributed by atoms with Crippen LogP contribution in [0.4, 0.5) is 4.39 Å². The molecule has 0 saturated carbocycles. The van der Waals surface area contributed by atoms with Crippen molar-refractivity contribution in [1.82, 2.24) is 10.2 Å². The number of fused-ring (bicyclic) bond motifs is 1. The van der Waals surface area contributed by atoms with Gasteiger partial charge in [0.15, 0.2) is 5.78 Å². The summed E-state index contributed by atoms with van der Waals surface area (Å²) in [4.78, 5) is 25.9. The van der Waals surface area contributed by atoms with Gasteiger partial charge in [-0.25, -0.2) is 4.39 Å². The van der Waals surface area contributed by atoms with E-state index in [1.807, 2.05) is 0 Å². The number of benzene rings is 1. The maximum atomic E-state index is 13.8. The molecule has 0 radical (unpaired) electrons. The van der Waals surface area contributed by atoms with Crippen molar-refractivity contribution in [2.75, 3.05) is 19.6 Å². The highest BCUT2D eigenvalue weighted by atomic mass is 19.1. The highest BCUT2D eigenvalue weighted by Gasteiger charge is 2.44. The van der Waals surface area contributed by atoms with Crippen molar-refractivity contribution in [2.45, 2.75) is 38.1 Å². The van der Waals surface area contributed by atoms with Gasteiger partial charge in [-0.15, -0.1) is 0 Å². The van der Waals surface area contributed by atoms with E-state index in [1.54, 1.807) is 0 Å². The second-order valence-corrected chi connectivity index (χ2v) is 6.35. The Bertz CT molecular complexity index is 605. The first-order valence-electron chi connectivity index (χ1n) is 7.86. The predicted octanol–water partition coefficient (Wildman–Crippen LogP) is 2.39. The number of rotatable bonds is 4. The van der Waals surface area contributed by atoms with Gasteiger partial charge in [0.2, 0.25) is 0 Å². The molecule has 22 heavy (non-hydrogen) atoms. The van der Waals surface area contributed by atoms with Crippen LogP contribution in [0.5, 0.6) is 0 Å². The summed E-state index contributed by atoms with van der Waals surface area (Å²) in [5.74, 6) is -1.25. The lowest BCUT2D eigenvalue weighted by Crippen LogP contribution is -2.48. The first-order chi connectivity index (χ1) is 10.5. The van der Waals surface area contributed by atoms with E-state index in [2.05, 4.69) is 10.2 Å². The van der Waals surface area contributed by atoms with Gasteiger partial charge < -0.3 is 5.32 Å². The van der Waals surface area contributed by atoms with Crippen molar-refractivity contribution in [3.8, 4) is 0 Å². The fourth-order valence-corrected chi connectivity index (χ4v) is 3.80. The van der Waals surface area contributed by atoms with Gasteiger partial charge in [0.25, 0.3) is 5.91 Å². The summed E-state index contributed by atoms with van der Waals surface area (Å²) in [7, 11) is 0. The van der Waals surface area contributed by atoms with Gasteiger partial charge in [0.1, 0.15) is 5.82 Å².